The van der Waals surface area contributed by atoms with Gasteiger partial charge in [-0.3, -0.25) is 14.5 Å². The summed E-state index contributed by atoms with van der Waals surface area (Å²) < 4.78 is 5.41. The Morgan fingerprint density at radius 2 is 1.66 bits per heavy atom. The quantitative estimate of drug-likeness (QED) is 0.513. The maximum atomic E-state index is 13.4. The number of benzene rings is 3. The molecule has 3 aromatic rings. The van der Waals surface area contributed by atoms with Crippen LogP contribution in [0.3, 0.4) is 0 Å². The third-order valence-corrected chi connectivity index (χ3v) is 5.63. The van der Waals surface area contributed by atoms with Crippen LogP contribution in [0.1, 0.15) is 16.7 Å². The molecule has 3 aromatic carbocycles. The number of carbonyl (C=O) groups excluding carboxylic acids is 2. The SMILES string of the molecule is COc1ccc(Cl)cc1NC1=C(c2ccc(C)cc2)C(=O)N(CCc2ccccc2)C1=O. The number of nitrogens with one attached hydrogen (secondary N) is 1. The summed E-state index contributed by atoms with van der Waals surface area (Å²) in [6, 6.07) is 22.4. The zero-order valence-electron chi connectivity index (χ0n) is 17.9. The van der Waals surface area contributed by atoms with Gasteiger partial charge in [-0.15, -0.1) is 0 Å². The van der Waals surface area contributed by atoms with Crippen LogP contribution in [0.5, 0.6) is 5.75 Å². The van der Waals surface area contributed by atoms with Gasteiger partial charge in [0.25, 0.3) is 11.8 Å². The summed E-state index contributed by atoms with van der Waals surface area (Å²) in [5.41, 5.74) is 3.88. The zero-order chi connectivity index (χ0) is 22.7. The molecule has 0 saturated heterocycles. The highest BCUT2D eigenvalue weighted by Gasteiger charge is 2.39. The number of ether oxygens (including phenoxy) is 1. The van der Waals surface area contributed by atoms with E-state index in [1.807, 2.05) is 61.5 Å². The molecule has 0 saturated carbocycles. The van der Waals surface area contributed by atoms with Crippen LogP contribution in [0.25, 0.3) is 5.57 Å². The molecule has 1 aliphatic heterocycles. The largest absolute Gasteiger partial charge is 0.495 e. The summed E-state index contributed by atoms with van der Waals surface area (Å²) in [5.74, 6) is -0.171. The summed E-state index contributed by atoms with van der Waals surface area (Å²) in [5, 5.41) is 3.62. The smallest absolute Gasteiger partial charge is 0.278 e. The minimum absolute atomic E-state index is 0.215. The third-order valence-electron chi connectivity index (χ3n) is 5.40. The average Bonchev–Trinajstić information content (AvgIpc) is 3.03. The first kappa shape index (κ1) is 21.7. The van der Waals surface area contributed by atoms with E-state index in [0.717, 1.165) is 11.1 Å². The van der Waals surface area contributed by atoms with E-state index in [-0.39, 0.29) is 24.1 Å². The lowest BCUT2D eigenvalue weighted by atomic mass is 10.0. The fraction of sp³-hybridized carbons (Fsp3) is 0.154. The molecule has 6 heteroatoms. The van der Waals surface area contributed by atoms with Gasteiger partial charge >= 0.3 is 0 Å². The van der Waals surface area contributed by atoms with Gasteiger partial charge in [0.1, 0.15) is 11.4 Å². The summed E-state index contributed by atoms with van der Waals surface area (Å²) in [6.07, 6.45) is 0.577. The van der Waals surface area contributed by atoms with Gasteiger partial charge in [-0.2, -0.15) is 0 Å². The van der Waals surface area contributed by atoms with Crippen LogP contribution < -0.4 is 10.1 Å². The van der Waals surface area contributed by atoms with Gasteiger partial charge in [0.15, 0.2) is 0 Å². The predicted octanol–water partition coefficient (Wildman–Crippen LogP) is 5.09. The maximum absolute atomic E-state index is 13.4. The van der Waals surface area contributed by atoms with Crippen LogP contribution in [0.2, 0.25) is 5.02 Å². The highest BCUT2D eigenvalue weighted by atomic mass is 35.5. The van der Waals surface area contributed by atoms with E-state index in [2.05, 4.69) is 5.32 Å². The lowest BCUT2D eigenvalue weighted by Gasteiger charge is -2.16. The van der Waals surface area contributed by atoms with E-state index < -0.39 is 0 Å². The molecule has 5 nitrogen and oxygen atoms in total. The second-order valence-corrected chi connectivity index (χ2v) is 8.02. The topological polar surface area (TPSA) is 58.6 Å². The average molecular weight is 447 g/mol. The molecule has 2 amide bonds. The Bertz CT molecular complexity index is 1190. The highest BCUT2D eigenvalue weighted by Crippen LogP contribution is 2.34. The number of aryl methyl sites for hydroxylation is 1. The molecule has 32 heavy (non-hydrogen) atoms. The molecule has 0 unspecified atom stereocenters. The van der Waals surface area contributed by atoms with Crippen molar-refractivity contribution in [3.63, 3.8) is 0 Å². The minimum atomic E-state index is -0.372. The van der Waals surface area contributed by atoms with Gasteiger partial charge in [-0.1, -0.05) is 71.8 Å². The number of methoxy groups -OCH3 is 1. The summed E-state index contributed by atoms with van der Waals surface area (Å²) in [7, 11) is 1.54. The van der Waals surface area contributed by atoms with Crippen molar-refractivity contribution in [3.8, 4) is 5.75 Å². The molecule has 0 spiro atoms. The van der Waals surface area contributed by atoms with E-state index in [0.29, 0.717) is 34.0 Å². The number of halogens is 1. The van der Waals surface area contributed by atoms with Gasteiger partial charge in [0.05, 0.1) is 18.4 Å². The fourth-order valence-electron chi connectivity index (χ4n) is 3.68. The predicted molar refractivity (Wildman–Crippen MR) is 127 cm³/mol. The number of carbonyl (C=O) groups is 2. The van der Waals surface area contributed by atoms with Gasteiger partial charge in [-0.25, -0.2) is 0 Å². The van der Waals surface area contributed by atoms with Gasteiger partial charge in [0.2, 0.25) is 0 Å². The summed E-state index contributed by atoms with van der Waals surface area (Å²) in [6.45, 7) is 2.26. The molecule has 0 aromatic heterocycles. The minimum Gasteiger partial charge on any atom is -0.495 e. The molecular weight excluding hydrogens is 424 g/mol. The van der Waals surface area contributed by atoms with E-state index in [1.165, 1.54) is 12.0 Å². The van der Waals surface area contributed by atoms with Crippen molar-refractivity contribution in [3.05, 3.63) is 100 Å². The summed E-state index contributed by atoms with van der Waals surface area (Å²) >= 11 is 6.17. The molecule has 1 heterocycles. The van der Waals surface area contributed by atoms with Crippen LogP contribution in [0.15, 0.2) is 78.5 Å². The summed E-state index contributed by atoms with van der Waals surface area (Å²) in [4.78, 5) is 28.1. The highest BCUT2D eigenvalue weighted by molar-refractivity contribution is 6.36. The number of hydrogen-bond acceptors (Lipinski definition) is 4. The number of nitrogens with zero attached hydrogens (tertiary/aromatic N) is 1. The molecule has 4 rings (SSSR count). The van der Waals surface area contributed by atoms with Crippen LogP contribution in [0, 0.1) is 6.92 Å². The number of hydrogen-bond donors (Lipinski definition) is 1. The van der Waals surface area contributed by atoms with Crippen molar-refractivity contribution >= 4 is 34.7 Å². The molecule has 1 N–H and O–H groups in total. The Balaban J connectivity index is 1.71. The first-order chi connectivity index (χ1) is 15.5. The molecule has 0 atom stereocenters. The maximum Gasteiger partial charge on any atom is 0.278 e. The molecule has 0 bridgehead atoms. The van der Waals surface area contributed by atoms with E-state index in [9.17, 15) is 9.59 Å². The monoisotopic (exact) mass is 446 g/mol. The number of amides is 2. The molecular formula is C26H23ClN2O3. The van der Waals surface area contributed by atoms with Crippen molar-refractivity contribution in [2.75, 3.05) is 19.0 Å². The zero-order valence-corrected chi connectivity index (χ0v) is 18.6. The Morgan fingerprint density at radius 3 is 2.34 bits per heavy atom. The molecule has 0 fully saturated rings. The molecule has 0 aliphatic carbocycles. The first-order valence-corrected chi connectivity index (χ1v) is 10.7. The Kier molecular flexibility index (Phi) is 6.28. The first-order valence-electron chi connectivity index (χ1n) is 10.3. The molecule has 162 valence electrons. The fourth-order valence-corrected chi connectivity index (χ4v) is 3.85. The van der Waals surface area contributed by atoms with Gasteiger partial charge in [0, 0.05) is 11.6 Å². The Morgan fingerprint density at radius 1 is 0.938 bits per heavy atom. The van der Waals surface area contributed by atoms with Crippen LogP contribution in [-0.4, -0.2) is 30.4 Å². The second kappa shape index (κ2) is 9.28. The number of anilines is 1. The normalized spacial score (nSPS) is 13.7. The standard InChI is InChI=1S/C26H23ClN2O3/c1-17-8-10-19(11-9-17)23-24(28-21-16-20(27)12-13-22(21)32-2)26(31)29(25(23)30)15-14-18-6-4-3-5-7-18/h3-13,16,28H,14-15H2,1-2H3. The molecule has 1 aliphatic rings. The van der Waals surface area contributed by atoms with Crippen molar-refractivity contribution in [1.29, 1.82) is 0 Å². The third kappa shape index (κ3) is 4.39. The van der Waals surface area contributed by atoms with E-state index in [1.54, 1.807) is 18.2 Å². The number of imide groups is 1. The van der Waals surface area contributed by atoms with Crippen LogP contribution >= 0.6 is 11.6 Å². The van der Waals surface area contributed by atoms with Gasteiger partial charge in [-0.05, 0) is 42.7 Å². The van der Waals surface area contributed by atoms with Crippen molar-refractivity contribution < 1.29 is 14.3 Å². The van der Waals surface area contributed by atoms with Crippen LogP contribution in [0.4, 0.5) is 5.69 Å². The van der Waals surface area contributed by atoms with Crippen molar-refractivity contribution in [2.45, 2.75) is 13.3 Å². The lowest BCUT2D eigenvalue weighted by molar-refractivity contribution is -0.136. The van der Waals surface area contributed by atoms with Gasteiger partial charge < -0.3 is 10.1 Å². The van der Waals surface area contributed by atoms with Crippen molar-refractivity contribution in [2.24, 2.45) is 0 Å². The van der Waals surface area contributed by atoms with Crippen molar-refractivity contribution in [1.82, 2.24) is 4.90 Å². The van der Waals surface area contributed by atoms with E-state index in [4.69, 9.17) is 16.3 Å². The molecule has 0 radical (unpaired) electrons. The lowest BCUT2D eigenvalue weighted by Crippen LogP contribution is -2.34. The Labute approximate surface area is 192 Å². The van der Waals surface area contributed by atoms with E-state index >= 15 is 0 Å². The number of rotatable bonds is 7. The second-order valence-electron chi connectivity index (χ2n) is 7.58. The van der Waals surface area contributed by atoms with Crippen LogP contribution in [-0.2, 0) is 16.0 Å². The Hall–Kier alpha value is -3.57.